The van der Waals surface area contributed by atoms with Crippen LogP contribution in [0.4, 0.5) is 5.69 Å². The molecule has 0 aliphatic rings. The number of amides is 1. The number of anilines is 1. The first-order valence-electron chi connectivity index (χ1n) is 5.69. The van der Waals surface area contributed by atoms with Crippen LogP contribution in [0.2, 0.25) is 0 Å². The summed E-state index contributed by atoms with van der Waals surface area (Å²) in [4.78, 5) is 12.0. The Morgan fingerprint density at radius 1 is 1.31 bits per heavy atom. The van der Waals surface area contributed by atoms with Gasteiger partial charge in [-0.3, -0.25) is 4.79 Å². The van der Waals surface area contributed by atoms with Crippen molar-refractivity contribution in [2.45, 2.75) is 39.2 Å². The molecule has 0 fully saturated rings. The zero-order valence-corrected chi connectivity index (χ0v) is 10.2. The van der Waals surface area contributed by atoms with E-state index in [0.717, 1.165) is 12.8 Å². The molecule has 0 spiro atoms. The van der Waals surface area contributed by atoms with Crippen molar-refractivity contribution < 1.29 is 4.79 Å². The van der Waals surface area contributed by atoms with Gasteiger partial charge in [-0.05, 0) is 31.9 Å². The van der Waals surface area contributed by atoms with Gasteiger partial charge >= 0.3 is 0 Å². The van der Waals surface area contributed by atoms with Crippen LogP contribution in [-0.2, 0) is 0 Å². The second-order valence-corrected chi connectivity index (χ2v) is 4.31. The number of nitrogens with one attached hydrogen (secondary N) is 1. The van der Waals surface area contributed by atoms with Gasteiger partial charge in [-0.2, -0.15) is 0 Å². The van der Waals surface area contributed by atoms with Gasteiger partial charge in [-0.15, -0.1) is 0 Å². The molecule has 0 saturated heterocycles. The maximum atomic E-state index is 12.0. The van der Waals surface area contributed by atoms with E-state index in [1.807, 2.05) is 19.1 Å². The van der Waals surface area contributed by atoms with Crippen molar-refractivity contribution in [1.29, 1.82) is 0 Å². The monoisotopic (exact) mass is 220 g/mol. The molecule has 1 aromatic rings. The fraction of sp³-hybridized carbons (Fsp3) is 0.462. The van der Waals surface area contributed by atoms with Crippen LogP contribution < -0.4 is 11.1 Å². The number of nitrogens with two attached hydrogens (primary N) is 1. The van der Waals surface area contributed by atoms with E-state index in [9.17, 15) is 4.79 Å². The summed E-state index contributed by atoms with van der Waals surface area (Å²) in [5, 5.41) is 3.03. The topological polar surface area (TPSA) is 55.1 Å². The lowest BCUT2D eigenvalue weighted by molar-refractivity contribution is 0.0902. The lowest BCUT2D eigenvalue weighted by Gasteiger charge is -2.28. The van der Waals surface area contributed by atoms with E-state index >= 15 is 0 Å². The lowest BCUT2D eigenvalue weighted by Crippen LogP contribution is -2.45. The third kappa shape index (κ3) is 2.75. The average molecular weight is 220 g/mol. The van der Waals surface area contributed by atoms with Crippen LogP contribution in [0.1, 0.15) is 44.0 Å². The number of hydrogen-bond acceptors (Lipinski definition) is 2. The average Bonchev–Trinajstić information content (AvgIpc) is 2.29. The predicted molar refractivity (Wildman–Crippen MR) is 67.3 cm³/mol. The molecule has 88 valence electrons. The number of carbonyl (C=O) groups is 1. The molecular formula is C13H20N2O. The van der Waals surface area contributed by atoms with Gasteiger partial charge in [0.15, 0.2) is 0 Å². The van der Waals surface area contributed by atoms with Gasteiger partial charge in [-0.25, -0.2) is 0 Å². The third-order valence-corrected chi connectivity index (χ3v) is 3.18. The van der Waals surface area contributed by atoms with E-state index in [1.165, 1.54) is 0 Å². The second kappa shape index (κ2) is 5.01. The summed E-state index contributed by atoms with van der Waals surface area (Å²) in [6.07, 6.45) is 1.81. The first kappa shape index (κ1) is 12.6. The Morgan fingerprint density at radius 2 is 1.88 bits per heavy atom. The maximum absolute atomic E-state index is 12.0. The Hall–Kier alpha value is -1.51. The molecule has 0 saturated carbocycles. The van der Waals surface area contributed by atoms with Gasteiger partial charge in [0.2, 0.25) is 0 Å². The van der Waals surface area contributed by atoms with Gasteiger partial charge in [0, 0.05) is 11.2 Å². The van der Waals surface area contributed by atoms with Crippen molar-refractivity contribution in [2.75, 3.05) is 5.73 Å². The first-order valence-corrected chi connectivity index (χ1v) is 5.69. The van der Waals surface area contributed by atoms with Crippen molar-refractivity contribution in [2.24, 2.45) is 0 Å². The van der Waals surface area contributed by atoms with Crippen molar-refractivity contribution in [3.63, 3.8) is 0 Å². The number of benzene rings is 1. The van der Waals surface area contributed by atoms with Crippen LogP contribution in [0.25, 0.3) is 0 Å². The zero-order chi connectivity index (χ0) is 12.2. The van der Waals surface area contributed by atoms with Crippen LogP contribution in [-0.4, -0.2) is 11.4 Å². The molecule has 0 heterocycles. The van der Waals surface area contributed by atoms with Crippen molar-refractivity contribution >= 4 is 11.6 Å². The largest absolute Gasteiger partial charge is 0.398 e. The highest BCUT2D eigenvalue weighted by Crippen LogP contribution is 2.17. The first-order chi connectivity index (χ1) is 7.52. The van der Waals surface area contributed by atoms with Gasteiger partial charge in [-0.1, -0.05) is 26.0 Å². The van der Waals surface area contributed by atoms with Crippen LogP contribution in [0.15, 0.2) is 24.3 Å². The van der Waals surface area contributed by atoms with Crippen LogP contribution in [0.5, 0.6) is 0 Å². The van der Waals surface area contributed by atoms with Crippen molar-refractivity contribution in [3.05, 3.63) is 29.8 Å². The van der Waals surface area contributed by atoms with Gasteiger partial charge < -0.3 is 11.1 Å². The summed E-state index contributed by atoms with van der Waals surface area (Å²) in [6, 6.07) is 7.13. The molecule has 0 aromatic heterocycles. The minimum absolute atomic E-state index is 0.0932. The van der Waals surface area contributed by atoms with E-state index in [0.29, 0.717) is 11.3 Å². The van der Waals surface area contributed by atoms with Crippen molar-refractivity contribution in [3.8, 4) is 0 Å². The van der Waals surface area contributed by atoms with Gasteiger partial charge in [0.1, 0.15) is 0 Å². The third-order valence-electron chi connectivity index (χ3n) is 3.18. The van der Waals surface area contributed by atoms with Crippen LogP contribution >= 0.6 is 0 Å². The van der Waals surface area contributed by atoms with Crippen molar-refractivity contribution in [1.82, 2.24) is 5.32 Å². The van der Waals surface area contributed by atoms with Crippen LogP contribution in [0, 0.1) is 0 Å². The highest BCUT2D eigenvalue weighted by atomic mass is 16.1. The Kier molecular flexibility index (Phi) is 3.93. The molecule has 3 N–H and O–H groups in total. The smallest absolute Gasteiger partial charge is 0.253 e. The number of para-hydroxylation sites is 1. The standard InChI is InChI=1S/C13H20N2O/c1-4-13(3,5-2)15-12(16)10-8-6-7-9-11(10)14/h6-9H,4-5,14H2,1-3H3,(H,15,16). The molecule has 16 heavy (non-hydrogen) atoms. The highest BCUT2D eigenvalue weighted by Gasteiger charge is 2.23. The fourth-order valence-corrected chi connectivity index (χ4v) is 1.47. The SMILES string of the molecule is CCC(C)(CC)NC(=O)c1ccccc1N. The molecular weight excluding hydrogens is 200 g/mol. The van der Waals surface area contributed by atoms with Crippen LogP contribution in [0.3, 0.4) is 0 Å². The molecule has 1 rings (SSSR count). The minimum atomic E-state index is -0.153. The summed E-state index contributed by atoms with van der Waals surface area (Å²) in [5.74, 6) is -0.0932. The van der Waals surface area contributed by atoms with E-state index in [1.54, 1.807) is 12.1 Å². The number of carbonyl (C=O) groups excluding carboxylic acids is 1. The molecule has 3 heteroatoms. The lowest BCUT2D eigenvalue weighted by atomic mass is 9.95. The summed E-state index contributed by atoms with van der Waals surface area (Å²) in [7, 11) is 0. The maximum Gasteiger partial charge on any atom is 0.253 e. The molecule has 1 aromatic carbocycles. The summed E-state index contributed by atoms with van der Waals surface area (Å²) < 4.78 is 0. The number of rotatable bonds is 4. The Bertz CT molecular complexity index is 370. The minimum Gasteiger partial charge on any atom is -0.398 e. The highest BCUT2D eigenvalue weighted by molar-refractivity contribution is 5.99. The molecule has 0 aliphatic heterocycles. The summed E-state index contributed by atoms with van der Waals surface area (Å²) >= 11 is 0. The van der Waals surface area contributed by atoms with E-state index in [4.69, 9.17) is 5.73 Å². The normalized spacial score (nSPS) is 11.2. The molecule has 3 nitrogen and oxygen atoms in total. The molecule has 1 amide bonds. The second-order valence-electron chi connectivity index (χ2n) is 4.31. The summed E-state index contributed by atoms with van der Waals surface area (Å²) in [6.45, 7) is 6.18. The quantitative estimate of drug-likeness (QED) is 0.766. The zero-order valence-electron chi connectivity index (χ0n) is 10.2. The Labute approximate surface area is 97.0 Å². The fourth-order valence-electron chi connectivity index (χ4n) is 1.47. The Morgan fingerprint density at radius 3 is 2.38 bits per heavy atom. The predicted octanol–water partition coefficient (Wildman–Crippen LogP) is 2.58. The molecule has 0 aliphatic carbocycles. The summed E-state index contributed by atoms with van der Waals surface area (Å²) in [5.41, 5.74) is 6.68. The molecule has 0 unspecified atom stereocenters. The Balaban J connectivity index is 2.84. The molecule has 0 radical (unpaired) electrons. The van der Waals surface area contributed by atoms with Gasteiger partial charge in [0.25, 0.3) is 5.91 Å². The molecule has 0 atom stereocenters. The molecule has 0 bridgehead atoms. The van der Waals surface area contributed by atoms with E-state index in [-0.39, 0.29) is 11.4 Å². The van der Waals surface area contributed by atoms with Gasteiger partial charge in [0.05, 0.1) is 5.56 Å². The van der Waals surface area contributed by atoms with E-state index in [2.05, 4.69) is 19.2 Å². The number of hydrogen-bond donors (Lipinski definition) is 2. The van der Waals surface area contributed by atoms with E-state index < -0.39 is 0 Å². The number of nitrogen functional groups attached to an aromatic ring is 1.